The molecular formula is C13H9ClN2O. The van der Waals surface area contributed by atoms with Crippen LogP contribution in [0.25, 0.3) is 0 Å². The van der Waals surface area contributed by atoms with E-state index >= 15 is 0 Å². The Hall–Kier alpha value is -2.05. The summed E-state index contributed by atoms with van der Waals surface area (Å²) in [6.45, 7) is 0.319. The van der Waals surface area contributed by atoms with Gasteiger partial charge >= 0.3 is 0 Å². The molecule has 0 fully saturated rings. The maximum atomic E-state index is 8.90. The fraction of sp³-hybridized carbons (Fsp3) is 0.0769. The lowest BCUT2D eigenvalue weighted by Crippen LogP contribution is -1.98. The molecule has 2 aromatic rings. The zero-order valence-electron chi connectivity index (χ0n) is 8.93. The highest BCUT2D eigenvalue weighted by Gasteiger charge is 2.04. The molecule has 0 spiro atoms. The van der Waals surface area contributed by atoms with Crippen LogP contribution in [0.5, 0.6) is 5.75 Å². The number of pyridine rings is 1. The number of benzene rings is 1. The zero-order valence-corrected chi connectivity index (χ0v) is 9.69. The third kappa shape index (κ3) is 2.74. The van der Waals surface area contributed by atoms with Crippen molar-refractivity contribution < 1.29 is 4.74 Å². The third-order valence-corrected chi connectivity index (χ3v) is 2.59. The van der Waals surface area contributed by atoms with E-state index < -0.39 is 0 Å². The highest BCUT2D eigenvalue weighted by atomic mass is 35.5. The van der Waals surface area contributed by atoms with Crippen LogP contribution >= 0.6 is 11.6 Å². The van der Waals surface area contributed by atoms with Crippen LogP contribution in [-0.4, -0.2) is 4.98 Å². The molecule has 0 N–H and O–H groups in total. The molecule has 0 amide bonds. The van der Waals surface area contributed by atoms with Crippen LogP contribution in [0.15, 0.2) is 42.7 Å². The van der Waals surface area contributed by atoms with Crippen molar-refractivity contribution in [1.29, 1.82) is 5.26 Å². The molecule has 1 aromatic heterocycles. The Kier molecular flexibility index (Phi) is 3.59. The van der Waals surface area contributed by atoms with Gasteiger partial charge in [-0.15, -0.1) is 0 Å². The summed E-state index contributed by atoms with van der Waals surface area (Å²) < 4.78 is 5.56. The summed E-state index contributed by atoms with van der Waals surface area (Å²) in [5.74, 6) is 0.558. The summed E-state index contributed by atoms with van der Waals surface area (Å²) in [6.07, 6.45) is 3.22. The first kappa shape index (κ1) is 11.4. The molecule has 0 unspecified atom stereocenters. The van der Waals surface area contributed by atoms with Crippen LogP contribution in [0, 0.1) is 11.3 Å². The van der Waals surface area contributed by atoms with Crippen molar-refractivity contribution in [3.8, 4) is 11.8 Å². The molecule has 17 heavy (non-hydrogen) atoms. The quantitative estimate of drug-likeness (QED) is 0.833. The Morgan fingerprint density at radius 2 is 2.12 bits per heavy atom. The number of para-hydroxylation sites is 1. The van der Waals surface area contributed by atoms with E-state index in [1.54, 1.807) is 36.7 Å². The van der Waals surface area contributed by atoms with E-state index in [-0.39, 0.29) is 0 Å². The van der Waals surface area contributed by atoms with E-state index in [0.29, 0.717) is 22.9 Å². The molecule has 1 heterocycles. The van der Waals surface area contributed by atoms with Crippen molar-refractivity contribution in [3.63, 3.8) is 0 Å². The lowest BCUT2D eigenvalue weighted by molar-refractivity contribution is 0.305. The van der Waals surface area contributed by atoms with Gasteiger partial charge in [-0.3, -0.25) is 4.98 Å². The molecule has 0 saturated carbocycles. The second-order valence-corrected chi connectivity index (χ2v) is 3.77. The van der Waals surface area contributed by atoms with Crippen LogP contribution in [0.3, 0.4) is 0 Å². The maximum Gasteiger partial charge on any atom is 0.137 e. The smallest absolute Gasteiger partial charge is 0.137 e. The summed E-state index contributed by atoms with van der Waals surface area (Å²) in [6, 6.07) is 11.0. The number of rotatable bonds is 3. The van der Waals surface area contributed by atoms with E-state index in [1.807, 2.05) is 6.07 Å². The molecule has 1 aromatic carbocycles. The third-order valence-electron chi connectivity index (χ3n) is 2.25. The standard InChI is InChI=1S/C13H9ClN2O/c14-12-8-16-6-5-11(12)9-17-13-4-2-1-3-10(13)7-15/h1-6,8H,9H2. The lowest BCUT2D eigenvalue weighted by Gasteiger charge is -2.08. The highest BCUT2D eigenvalue weighted by molar-refractivity contribution is 6.31. The van der Waals surface area contributed by atoms with Gasteiger partial charge in [0.2, 0.25) is 0 Å². The molecule has 4 heteroatoms. The van der Waals surface area contributed by atoms with Gasteiger partial charge in [-0.1, -0.05) is 23.7 Å². The Bertz CT molecular complexity index is 563. The molecule has 0 aliphatic heterocycles. The van der Waals surface area contributed by atoms with Crippen LogP contribution < -0.4 is 4.74 Å². The Morgan fingerprint density at radius 3 is 2.88 bits per heavy atom. The minimum atomic E-state index is 0.319. The van der Waals surface area contributed by atoms with Crippen LogP contribution in [0.1, 0.15) is 11.1 Å². The zero-order chi connectivity index (χ0) is 12.1. The van der Waals surface area contributed by atoms with E-state index in [4.69, 9.17) is 21.6 Å². The number of hydrogen-bond donors (Lipinski definition) is 0. The molecule has 0 radical (unpaired) electrons. The van der Waals surface area contributed by atoms with Crippen molar-refractivity contribution in [2.45, 2.75) is 6.61 Å². The van der Waals surface area contributed by atoms with Gasteiger partial charge in [0.1, 0.15) is 18.4 Å². The largest absolute Gasteiger partial charge is 0.487 e. The van der Waals surface area contributed by atoms with Crippen molar-refractivity contribution in [2.24, 2.45) is 0 Å². The van der Waals surface area contributed by atoms with Crippen molar-refractivity contribution in [1.82, 2.24) is 4.98 Å². The first-order chi connectivity index (χ1) is 8.31. The molecule has 0 saturated heterocycles. The van der Waals surface area contributed by atoms with E-state index in [0.717, 1.165) is 5.56 Å². The Balaban J connectivity index is 2.13. The number of nitrogens with zero attached hydrogens (tertiary/aromatic N) is 2. The predicted octanol–water partition coefficient (Wildman–Crippen LogP) is 3.19. The summed E-state index contributed by atoms with van der Waals surface area (Å²) in [5, 5.41) is 9.46. The van der Waals surface area contributed by atoms with Crippen LogP contribution in [0.4, 0.5) is 0 Å². The maximum absolute atomic E-state index is 8.90. The van der Waals surface area contributed by atoms with Gasteiger partial charge < -0.3 is 4.74 Å². The number of ether oxygens (including phenoxy) is 1. The Morgan fingerprint density at radius 1 is 1.29 bits per heavy atom. The Labute approximate surface area is 104 Å². The van der Waals surface area contributed by atoms with Crippen molar-refractivity contribution in [3.05, 3.63) is 58.9 Å². The van der Waals surface area contributed by atoms with Gasteiger partial charge in [-0.25, -0.2) is 0 Å². The van der Waals surface area contributed by atoms with Gasteiger partial charge in [-0.05, 0) is 18.2 Å². The fourth-order valence-corrected chi connectivity index (χ4v) is 1.54. The van der Waals surface area contributed by atoms with Gasteiger partial charge in [0.15, 0.2) is 0 Å². The monoisotopic (exact) mass is 244 g/mol. The minimum Gasteiger partial charge on any atom is -0.487 e. The molecule has 0 aliphatic carbocycles. The van der Waals surface area contributed by atoms with Crippen molar-refractivity contribution in [2.75, 3.05) is 0 Å². The van der Waals surface area contributed by atoms with Crippen LogP contribution in [0.2, 0.25) is 5.02 Å². The molecule has 2 rings (SSSR count). The van der Waals surface area contributed by atoms with Gasteiger partial charge in [0.25, 0.3) is 0 Å². The summed E-state index contributed by atoms with van der Waals surface area (Å²) in [5.41, 5.74) is 1.35. The number of halogens is 1. The normalized spacial score (nSPS) is 9.65. The van der Waals surface area contributed by atoms with Gasteiger partial charge in [0.05, 0.1) is 10.6 Å². The minimum absolute atomic E-state index is 0.319. The van der Waals surface area contributed by atoms with Gasteiger partial charge in [0, 0.05) is 18.0 Å². The molecular weight excluding hydrogens is 236 g/mol. The highest BCUT2D eigenvalue weighted by Crippen LogP contribution is 2.20. The number of nitriles is 1. The molecule has 0 bridgehead atoms. The first-order valence-corrected chi connectivity index (χ1v) is 5.39. The fourth-order valence-electron chi connectivity index (χ4n) is 1.36. The van der Waals surface area contributed by atoms with E-state index in [2.05, 4.69) is 11.1 Å². The number of aromatic nitrogens is 1. The second kappa shape index (κ2) is 5.33. The molecule has 84 valence electrons. The van der Waals surface area contributed by atoms with E-state index in [9.17, 15) is 0 Å². The average molecular weight is 245 g/mol. The number of hydrogen-bond acceptors (Lipinski definition) is 3. The summed E-state index contributed by atoms with van der Waals surface area (Å²) in [7, 11) is 0. The van der Waals surface area contributed by atoms with Crippen LogP contribution in [-0.2, 0) is 6.61 Å². The first-order valence-electron chi connectivity index (χ1n) is 5.01. The predicted molar refractivity (Wildman–Crippen MR) is 64.7 cm³/mol. The van der Waals surface area contributed by atoms with Crippen molar-refractivity contribution >= 4 is 11.6 Å². The van der Waals surface area contributed by atoms with E-state index in [1.165, 1.54) is 0 Å². The average Bonchev–Trinajstić information content (AvgIpc) is 2.38. The SMILES string of the molecule is N#Cc1ccccc1OCc1ccncc1Cl. The molecule has 0 aliphatic rings. The summed E-state index contributed by atoms with van der Waals surface area (Å²) >= 11 is 5.96. The second-order valence-electron chi connectivity index (χ2n) is 3.36. The lowest BCUT2D eigenvalue weighted by atomic mass is 10.2. The molecule has 0 atom stereocenters. The topological polar surface area (TPSA) is 45.9 Å². The summed E-state index contributed by atoms with van der Waals surface area (Å²) in [4.78, 5) is 3.89. The molecule has 3 nitrogen and oxygen atoms in total. The van der Waals surface area contributed by atoms with Gasteiger partial charge in [-0.2, -0.15) is 5.26 Å².